The van der Waals surface area contributed by atoms with Crippen LogP contribution in [0.5, 0.6) is 0 Å². The quantitative estimate of drug-likeness (QED) is 0.494. The first-order valence-corrected chi connectivity index (χ1v) is 9.96. The van der Waals surface area contributed by atoms with Crippen molar-refractivity contribution in [2.45, 2.75) is 26.7 Å². The summed E-state index contributed by atoms with van der Waals surface area (Å²) < 4.78 is 16.0. The number of amides is 1. The number of halogens is 1. The van der Waals surface area contributed by atoms with Gasteiger partial charge >= 0.3 is 0 Å². The summed E-state index contributed by atoms with van der Waals surface area (Å²) in [5, 5.41) is 4.96. The number of nitrogens with zero attached hydrogens (tertiary/aromatic N) is 2. The SMILES string of the molecule is Cc1cc(C)cc(NC(=O)CCc2csc3nc(-c4ccccc4F)cn23)c1. The van der Waals surface area contributed by atoms with E-state index in [4.69, 9.17) is 0 Å². The summed E-state index contributed by atoms with van der Waals surface area (Å²) in [6.07, 6.45) is 2.79. The van der Waals surface area contributed by atoms with Crippen LogP contribution in [0.25, 0.3) is 16.2 Å². The van der Waals surface area contributed by atoms with Crippen LogP contribution < -0.4 is 5.32 Å². The van der Waals surface area contributed by atoms with Crippen LogP contribution in [0.3, 0.4) is 0 Å². The van der Waals surface area contributed by atoms with Gasteiger partial charge in [-0.25, -0.2) is 9.37 Å². The van der Waals surface area contributed by atoms with E-state index in [-0.39, 0.29) is 11.7 Å². The molecular weight excluding hydrogens is 373 g/mol. The lowest BCUT2D eigenvalue weighted by Gasteiger charge is -2.07. The van der Waals surface area contributed by atoms with Gasteiger partial charge in [-0.3, -0.25) is 9.20 Å². The highest BCUT2D eigenvalue weighted by Gasteiger charge is 2.13. The van der Waals surface area contributed by atoms with E-state index in [1.165, 1.54) is 17.4 Å². The number of hydrogen-bond donors (Lipinski definition) is 1. The van der Waals surface area contributed by atoms with Crippen molar-refractivity contribution in [3.05, 3.63) is 76.7 Å². The molecule has 2 aromatic heterocycles. The standard InChI is InChI=1S/C22H20FN3OS/c1-14-9-15(2)11-16(10-14)24-21(27)8-7-17-13-28-22-25-20(12-26(17)22)18-5-3-4-6-19(18)23/h3-6,9-13H,7-8H2,1-2H3,(H,24,27). The first kappa shape index (κ1) is 18.4. The number of carbonyl (C=O) groups is 1. The summed E-state index contributed by atoms with van der Waals surface area (Å²) in [5.41, 5.74) is 5.14. The molecule has 4 nitrogen and oxygen atoms in total. The van der Waals surface area contributed by atoms with Gasteiger partial charge in [-0.15, -0.1) is 11.3 Å². The van der Waals surface area contributed by atoms with Gasteiger partial charge in [-0.05, 0) is 55.7 Å². The van der Waals surface area contributed by atoms with E-state index in [0.717, 1.165) is 27.5 Å². The van der Waals surface area contributed by atoms with Crippen molar-refractivity contribution in [1.29, 1.82) is 0 Å². The molecule has 0 aliphatic heterocycles. The van der Waals surface area contributed by atoms with E-state index in [2.05, 4.69) is 16.4 Å². The molecule has 2 aromatic carbocycles. The number of rotatable bonds is 5. The summed E-state index contributed by atoms with van der Waals surface area (Å²) in [4.78, 5) is 17.7. The van der Waals surface area contributed by atoms with Gasteiger partial charge in [0.25, 0.3) is 0 Å². The topological polar surface area (TPSA) is 46.4 Å². The van der Waals surface area contributed by atoms with Crippen molar-refractivity contribution < 1.29 is 9.18 Å². The van der Waals surface area contributed by atoms with Gasteiger partial charge in [0.2, 0.25) is 5.91 Å². The van der Waals surface area contributed by atoms with Crippen molar-refractivity contribution in [3.8, 4) is 11.3 Å². The van der Waals surface area contributed by atoms with Crippen molar-refractivity contribution in [1.82, 2.24) is 9.38 Å². The molecular formula is C22H20FN3OS. The summed E-state index contributed by atoms with van der Waals surface area (Å²) >= 11 is 1.49. The molecule has 0 unspecified atom stereocenters. The zero-order chi connectivity index (χ0) is 19.7. The lowest BCUT2D eigenvalue weighted by molar-refractivity contribution is -0.116. The first-order chi connectivity index (χ1) is 13.5. The number of aromatic nitrogens is 2. The van der Waals surface area contributed by atoms with Crippen LogP contribution in [0, 0.1) is 19.7 Å². The monoisotopic (exact) mass is 393 g/mol. The highest BCUT2D eigenvalue weighted by Crippen LogP contribution is 2.26. The van der Waals surface area contributed by atoms with E-state index in [0.29, 0.717) is 24.1 Å². The molecule has 0 saturated carbocycles. The number of hydrogen-bond acceptors (Lipinski definition) is 3. The Hall–Kier alpha value is -2.99. The van der Waals surface area contributed by atoms with Crippen molar-refractivity contribution in [3.63, 3.8) is 0 Å². The average Bonchev–Trinajstić information content (AvgIpc) is 3.20. The zero-order valence-electron chi connectivity index (χ0n) is 15.7. The summed E-state index contributed by atoms with van der Waals surface area (Å²) in [5.74, 6) is -0.318. The largest absolute Gasteiger partial charge is 0.326 e. The van der Waals surface area contributed by atoms with E-state index in [9.17, 15) is 9.18 Å². The molecule has 0 aliphatic carbocycles. The Morgan fingerprint density at radius 1 is 1.18 bits per heavy atom. The molecule has 6 heteroatoms. The van der Waals surface area contributed by atoms with Gasteiger partial charge in [-0.2, -0.15) is 0 Å². The maximum Gasteiger partial charge on any atom is 0.224 e. The molecule has 4 rings (SSSR count). The highest BCUT2D eigenvalue weighted by atomic mass is 32.1. The average molecular weight is 393 g/mol. The fourth-order valence-electron chi connectivity index (χ4n) is 3.32. The Morgan fingerprint density at radius 2 is 1.93 bits per heavy atom. The Bertz CT molecular complexity index is 1140. The molecule has 142 valence electrons. The van der Waals surface area contributed by atoms with E-state index in [1.807, 2.05) is 42.0 Å². The van der Waals surface area contributed by atoms with E-state index >= 15 is 0 Å². The molecule has 0 saturated heterocycles. The fourth-order valence-corrected chi connectivity index (χ4v) is 4.23. The summed E-state index contributed by atoms with van der Waals surface area (Å²) in [7, 11) is 0. The number of aryl methyl sites for hydroxylation is 3. The third kappa shape index (κ3) is 3.82. The maximum atomic E-state index is 14.0. The molecule has 0 bridgehead atoms. The van der Waals surface area contributed by atoms with E-state index < -0.39 is 0 Å². The number of imidazole rings is 1. The normalized spacial score (nSPS) is 11.1. The fraction of sp³-hybridized carbons (Fsp3) is 0.182. The number of nitrogens with one attached hydrogen (secondary N) is 1. The number of benzene rings is 2. The maximum absolute atomic E-state index is 14.0. The second-order valence-electron chi connectivity index (χ2n) is 6.91. The second kappa shape index (κ2) is 7.56. The molecule has 0 atom stereocenters. The highest BCUT2D eigenvalue weighted by molar-refractivity contribution is 7.15. The molecule has 1 amide bonds. The van der Waals surface area contributed by atoms with Gasteiger partial charge in [0.1, 0.15) is 5.82 Å². The van der Waals surface area contributed by atoms with Crippen molar-refractivity contribution in [2.75, 3.05) is 5.32 Å². The lowest BCUT2D eigenvalue weighted by Crippen LogP contribution is -2.13. The Morgan fingerprint density at radius 3 is 2.68 bits per heavy atom. The van der Waals surface area contributed by atoms with Crippen LogP contribution in [0.4, 0.5) is 10.1 Å². The second-order valence-corrected chi connectivity index (χ2v) is 7.75. The Kier molecular flexibility index (Phi) is 4.96. The van der Waals surface area contributed by atoms with E-state index in [1.54, 1.807) is 18.2 Å². The molecule has 0 aliphatic rings. The predicted molar refractivity (Wildman–Crippen MR) is 111 cm³/mol. The minimum atomic E-state index is -0.289. The van der Waals surface area contributed by atoms with Crippen molar-refractivity contribution >= 4 is 27.9 Å². The van der Waals surface area contributed by atoms with Gasteiger partial charge in [-0.1, -0.05) is 18.2 Å². The molecule has 4 aromatic rings. The Labute approximate surface area is 166 Å². The van der Waals surface area contributed by atoms with Crippen LogP contribution in [0.15, 0.2) is 54.0 Å². The third-order valence-electron chi connectivity index (χ3n) is 4.55. The molecule has 1 N–H and O–H groups in total. The lowest BCUT2D eigenvalue weighted by atomic mass is 10.1. The van der Waals surface area contributed by atoms with Gasteiger partial charge < -0.3 is 5.32 Å². The van der Waals surface area contributed by atoms with Gasteiger partial charge in [0.05, 0.1) is 5.69 Å². The smallest absolute Gasteiger partial charge is 0.224 e. The van der Waals surface area contributed by atoms with Crippen LogP contribution in [0.1, 0.15) is 23.2 Å². The minimum absolute atomic E-state index is 0.0289. The van der Waals surface area contributed by atoms with Crippen LogP contribution in [-0.2, 0) is 11.2 Å². The van der Waals surface area contributed by atoms with Gasteiger partial charge in [0, 0.05) is 34.9 Å². The molecule has 0 radical (unpaired) electrons. The first-order valence-electron chi connectivity index (χ1n) is 9.08. The van der Waals surface area contributed by atoms with Crippen LogP contribution in [0.2, 0.25) is 0 Å². The van der Waals surface area contributed by atoms with Crippen molar-refractivity contribution in [2.24, 2.45) is 0 Å². The summed E-state index contributed by atoms with van der Waals surface area (Å²) in [6.45, 7) is 4.02. The van der Waals surface area contributed by atoms with Crippen LogP contribution >= 0.6 is 11.3 Å². The molecule has 0 spiro atoms. The molecule has 0 fully saturated rings. The minimum Gasteiger partial charge on any atom is -0.326 e. The van der Waals surface area contributed by atoms with Gasteiger partial charge in [0.15, 0.2) is 4.96 Å². The molecule has 2 heterocycles. The summed E-state index contributed by atoms with van der Waals surface area (Å²) in [6, 6.07) is 12.6. The zero-order valence-corrected chi connectivity index (χ0v) is 16.5. The number of thiazole rings is 1. The third-order valence-corrected chi connectivity index (χ3v) is 5.44. The number of carbonyl (C=O) groups excluding carboxylic acids is 1. The molecule has 28 heavy (non-hydrogen) atoms. The predicted octanol–water partition coefficient (Wildman–Crippen LogP) is 5.39. The number of fused-ring (bicyclic) bond motifs is 1. The van der Waals surface area contributed by atoms with Crippen LogP contribution in [-0.4, -0.2) is 15.3 Å². The number of anilines is 1. The Balaban J connectivity index is 1.48.